The lowest BCUT2D eigenvalue weighted by molar-refractivity contribution is -0.115. The second kappa shape index (κ2) is 9.40. The van der Waals surface area contributed by atoms with E-state index in [1.165, 1.54) is 18.2 Å². The molecule has 2 aromatic rings. The zero-order chi connectivity index (χ0) is 17.6. The Bertz CT molecular complexity index is 734. The van der Waals surface area contributed by atoms with Gasteiger partial charge in [0, 0.05) is 18.4 Å². The average Bonchev–Trinajstić information content (AvgIpc) is 3.10. The van der Waals surface area contributed by atoms with Crippen LogP contribution >= 0.6 is 12.4 Å². The molecule has 0 aromatic heterocycles. The van der Waals surface area contributed by atoms with Crippen LogP contribution in [0.25, 0.3) is 0 Å². The number of carbonyl (C=O) groups excluding carboxylic acids is 1. The van der Waals surface area contributed by atoms with Crippen molar-refractivity contribution in [3.63, 3.8) is 0 Å². The zero-order valence-corrected chi connectivity index (χ0v) is 15.1. The van der Waals surface area contributed by atoms with Crippen molar-refractivity contribution in [1.82, 2.24) is 0 Å². The fourth-order valence-electron chi connectivity index (χ4n) is 2.70. The molecule has 0 aliphatic carbocycles. The molecule has 1 aliphatic heterocycles. The van der Waals surface area contributed by atoms with E-state index in [0.717, 1.165) is 25.0 Å². The summed E-state index contributed by atoms with van der Waals surface area (Å²) in [7, 11) is 0. The molecule has 3 rings (SSSR count). The largest absolute Gasteiger partial charge is 0.489 e. The van der Waals surface area contributed by atoms with Crippen molar-refractivity contribution < 1.29 is 18.7 Å². The van der Waals surface area contributed by atoms with E-state index >= 15 is 0 Å². The maximum atomic E-state index is 13.6. The molecule has 0 saturated carbocycles. The van der Waals surface area contributed by atoms with E-state index in [2.05, 4.69) is 5.32 Å². The Morgan fingerprint density at radius 3 is 2.73 bits per heavy atom. The number of nitrogen functional groups attached to an aromatic ring is 1. The lowest BCUT2D eigenvalue weighted by atomic mass is 10.1. The Balaban J connectivity index is 0.00000243. The molecule has 1 amide bonds. The highest BCUT2D eigenvalue weighted by atomic mass is 35.5. The summed E-state index contributed by atoms with van der Waals surface area (Å²) < 4.78 is 24.8. The molecule has 0 spiro atoms. The van der Waals surface area contributed by atoms with Gasteiger partial charge in [-0.2, -0.15) is 0 Å². The summed E-state index contributed by atoms with van der Waals surface area (Å²) in [6.45, 7) is 1.12. The van der Waals surface area contributed by atoms with Crippen molar-refractivity contribution in [3.8, 4) is 5.75 Å². The summed E-state index contributed by atoms with van der Waals surface area (Å²) in [5.41, 5.74) is 7.41. The molecule has 2 aromatic carbocycles. The fraction of sp³-hybridized carbons (Fsp3) is 0.316. The molecule has 1 fully saturated rings. The SMILES string of the molecule is Cl.Nc1ccc(CC(=O)Nc2cc(F)ccc2OCC2CCCO2)cc1. The Morgan fingerprint density at radius 2 is 2.04 bits per heavy atom. The molecular weight excluding hydrogens is 359 g/mol. The van der Waals surface area contributed by atoms with Crippen molar-refractivity contribution in [2.45, 2.75) is 25.4 Å². The van der Waals surface area contributed by atoms with Gasteiger partial charge in [0.15, 0.2) is 0 Å². The summed E-state index contributed by atoms with van der Waals surface area (Å²) in [4.78, 5) is 12.2. The van der Waals surface area contributed by atoms with Gasteiger partial charge in [-0.3, -0.25) is 4.79 Å². The number of rotatable bonds is 6. The minimum absolute atomic E-state index is 0. The molecular formula is C19H22ClFN2O3. The summed E-state index contributed by atoms with van der Waals surface area (Å²) in [5.74, 6) is -0.257. The van der Waals surface area contributed by atoms with Crippen LogP contribution in [-0.2, 0) is 16.0 Å². The van der Waals surface area contributed by atoms with Crippen LogP contribution in [0.2, 0.25) is 0 Å². The van der Waals surface area contributed by atoms with Gasteiger partial charge in [0.05, 0.1) is 18.2 Å². The lowest BCUT2D eigenvalue weighted by Crippen LogP contribution is -2.19. The van der Waals surface area contributed by atoms with Crippen LogP contribution < -0.4 is 15.8 Å². The minimum atomic E-state index is -0.438. The smallest absolute Gasteiger partial charge is 0.228 e. The number of carbonyl (C=O) groups is 1. The number of hydrogen-bond donors (Lipinski definition) is 2. The predicted molar refractivity (Wildman–Crippen MR) is 101 cm³/mol. The first-order chi connectivity index (χ1) is 12.1. The van der Waals surface area contributed by atoms with E-state index in [4.69, 9.17) is 15.2 Å². The van der Waals surface area contributed by atoms with Crippen LogP contribution in [0.5, 0.6) is 5.75 Å². The van der Waals surface area contributed by atoms with Gasteiger partial charge >= 0.3 is 0 Å². The van der Waals surface area contributed by atoms with Crippen molar-refractivity contribution in [2.75, 3.05) is 24.3 Å². The standard InChI is InChI=1S/C19H21FN2O3.ClH/c20-14-5-8-18(25-12-16-2-1-9-24-16)17(11-14)22-19(23)10-13-3-6-15(21)7-4-13;/h3-8,11,16H,1-2,9-10,12,21H2,(H,22,23);1H. The molecule has 5 nitrogen and oxygen atoms in total. The number of nitrogens with two attached hydrogens (primary N) is 1. The highest BCUT2D eigenvalue weighted by Gasteiger charge is 2.17. The number of anilines is 2. The van der Waals surface area contributed by atoms with Gasteiger partial charge in [-0.05, 0) is 42.7 Å². The second-order valence-corrected chi connectivity index (χ2v) is 6.05. The van der Waals surface area contributed by atoms with Crippen molar-refractivity contribution in [1.29, 1.82) is 0 Å². The Morgan fingerprint density at radius 1 is 1.27 bits per heavy atom. The molecule has 1 atom stereocenters. The van der Waals surface area contributed by atoms with Crippen LogP contribution in [0.15, 0.2) is 42.5 Å². The van der Waals surface area contributed by atoms with Crippen LogP contribution in [0.4, 0.5) is 15.8 Å². The average molecular weight is 381 g/mol. The van der Waals surface area contributed by atoms with E-state index < -0.39 is 5.82 Å². The van der Waals surface area contributed by atoms with Crippen LogP contribution in [-0.4, -0.2) is 25.2 Å². The van der Waals surface area contributed by atoms with Crippen LogP contribution in [0, 0.1) is 5.82 Å². The first kappa shape index (κ1) is 20.0. The fourth-order valence-corrected chi connectivity index (χ4v) is 2.70. The van der Waals surface area contributed by atoms with E-state index in [1.54, 1.807) is 24.3 Å². The van der Waals surface area contributed by atoms with Gasteiger partial charge in [0.2, 0.25) is 5.91 Å². The first-order valence-electron chi connectivity index (χ1n) is 8.28. The van der Waals surface area contributed by atoms with Gasteiger partial charge in [-0.1, -0.05) is 12.1 Å². The second-order valence-electron chi connectivity index (χ2n) is 6.05. The van der Waals surface area contributed by atoms with Crippen molar-refractivity contribution >= 4 is 29.7 Å². The number of nitrogens with one attached hydrogen (secondary N) is 1. The Labute approximate surface area is 158 Å². The van der Waals surface area contributed by atoms with Gasteiger partial charge in [0.25, 0.3) is 0 Å². The monoisotopic (exact) mass is 380 g/mol. The Kier molecular flexibility index (Phi) is 7.24. The molecule has 140 valence electrons. The number of amides is 1. The normalized spacial score (nSPS) is 16.0. The minimum Gasteiger partial charge on any atom is -0.489 e. The molecule has 3 N–H and O–H groups in total. The molecule has 26 heavy (non-hydrogen) atoms. The quantitative estimate of drug-likeness (QED) is 0.751. The number of benzene rings is 2. The third-order valence-electron chi connectivity index (χ3n) is 4.01. The predicted octanol–water partition coefficient (Wildman–Crippen LogP) is 3.57. The summed E-state index contributed by atoms with van der Waals surface area (Å²) >= 11 is 0. The lowest BCUT2D eigenvalue weighted by Gasteiger charge is -2.15. The molecule has 1 unspecified atom stereocenters. The highest BCUT2D eigenvalue weighted by molar-refractivity contribution is 5.93. The van der Waals surface area contributed by atoms with Gasteiger partial charge in [0.1, 0.15) is 18.2 Å². The van der Waals surface area contributed by atoms with Gasteiger partial charge < -0.3 is 20.5 Å². The molecule has 1 aliphatic rings. The third-order valence-corrected chi connectivity index (χ3v) is 4.01. The third kappa shape index (κ3) is 5.61. The topological polar surface area (TPSA) is 73.6 Å². The summed E-state index contributed by atoms with van der Waals surface area (Å²) in [5, 5.41) is 2.71. The number of halogens is 2. The van der Waals surface area contributed by atoms with E-state index in [1.807, 2.05) is 0 Å². The molecule has 1 heterocycles. The maximum absolute atomic E-state index is 13.6. The van der Waals surface area contributed by atoms with Crippen LogP contribution in [0.1, 0.15) is 18.4 Å². The molecule has 0 radical (unpaired) electrons. The number of hydrogen-bond acceptors (Lipinski definition) is 4. The number of ether oxygens (including phenoxy) is 2. The maximum Gasteiger partial charge on any atom is 0.228 e. The molecule has 0 bridgehead atoms. The Hall–Kier alpha value is -2.31. The first-order valence-corrected chi connectivity index (χ1v) is 8.28. The van der Waals surface area contributed by atoms with E-state index in [0.29, 0.717) is 23.7 Å². The zero-order valence-electron chi connectivity index (χ0n) is 14.2. The van der Waals surface area contributed by atoms with Gasteiger partial charge in [-0.15, -0.1) is 12.4 Å². The van der Waals surface area contributed by atoms with E-state index in [-0.39, 0.29) is 30.8 Å². The van der Waals surface area contributed by atoms with Crippen molar-refractivity contribution in [2.24, 2.45) is 0 Å². The summed E-state index contributed by atoms with van der Waals surface area (Å²) in [6.07, 6.45) is 2.17. The highest BCUT2D eigenvalue weighted by Crippen LogP contribution is 2.26. The van der Waals surface area contributed by atoms with Gasteiger partial charge in [-0.25, -0.2) is 4.39 Å². The van der Waals surface area contributed by atoms with E-state index in [9.17, 15) is 9.18 Å². The molecule has 7 heteroatoms. The summed E-state index contributed by atoms with van der Waals surface area (Å²) in [6, 6.07) is 11.1. The van der Waals surface area contributed by atoms with Crippen LogP contribution in [0.3, 0.4) is 0 Å². The molecule has 1 saturated heterocycles. The van der Waals surface area contributed by atoms with Crippen molar-refractivity contribution in [3.05, 3.63) is 53.8 Å².